The molecule has 3 N–H and O–H groups in total. The van der Waals surface area contributed by atoms with Crippen molar-refractivity contribution in [2.24, 2.45) is 0 Å². The molecule has 0 spiro atoms. The van der Waals surface area contributed by atoms with E-state index in [1.165, 1.54) is 11.8 Å². The molecular weight excluding hydrogens is 255 g/mol. The Morgan fingerprint density at radius 2 is 2.19 bits per heavy atom. The van der Waals surface area contributed by atoms with Crippen LogP contribution in [0.15, 0.2) is 9.95 Å². The molecule has 0 unspecified atom stereocenters. The summed E-state index contributed by atoms with van der Waals surface area (Å²) in [5.41, 5.74) is 4.79. The van der Waals surface area contributed by atoms with E-state index in [1.54, 1.807) is 6.26 Å². The maximum absolute atomic E-state index is 13.6. The summed E-state index contributed by atoms with van der Waals surface area (Å²) in [6.45, 7) is 0. The molecule has 8 heteroatoms. The predicted octanol–water partition coefficient (Wildman–Crippen LogP) is 1.41. The van der Waals surface area contributed by atoms with Gasteiger partial charge in [-0.25, -0.2) is 14.4 Å². The van der Waals surface area contributed by atoms with Gasteiger partial charge in [0.2, 0.25) is 0 Å². The number of halogens is 2. The predicted molar refractivity (Wildman–Crippen MR) is 61.3 cm³/mol. The van der Waals surface area contributed by atoms with E-state index in [0.29, 0.717) is 0 Å². The van der Waals surface area contributed by atoms with Gasteiger partial charge in [-0.2, -0.15) is 0 Å². The molecule has 0 saturated heterocycles. The highest BCUT2D eigenvalue weighted by Gasteiger charge is 2.15. The zero-order valence-electron chi connectivity index (χ0n) is 8.04. The van der Waals surface area contributed by atoms with Gasteiger partial charge in [0.15, 0.2) is 11.0 Å². The van der Waals surface area contributed by atoms with Crippen molar-refractivity contribution >= 4 is 40.1 Å². The van der Waals surface area contributed by atoms with Gasteiger partial charge in [0.25, 0.3) is 5.56 Å². The maximum atomic E-state index is 13.6. The number of thioether (sulfide) groups is 1. The molecule has 5 nitrogen and oxygen atoms in total. The van der Waals surface area contributed by atoms with E-state index in [1.807, 2.05) is 0 Å². The molecule has 2 heterocycles. The van der Waals surface area contributed by atoms with Crippen LogP contribution in [0, 0.1) is 5.82 Å². The van der Waals surface area contributed by atoms with Gasteiger partial charge in [0.1, 0.15) is 21.9 Å². The zero-order valence-corrected chi connectivity index (χ0v) is 9.62. The van der Waals surface area contributed by atoms with Crippen LogP contribution in [0.1, 0.15) is 0 Å². The Morgan fingerprint density at radius 3 is 2.81 bits per heavy atom. The molecule has 0 aliphatic carbocycles. The lowest BCUT2D eigenvalue weighted by Gasteiger charge is -2.04. The number of nitrogen functional groups attached to an aromatic ring is 1. The highest BCUT2D eigenvalue weighted by Crippen LogP contribution is 2.23. The molecule has 0 aliphatic heterocycles. The fraction of sp³-hybridized carbons (Fsp3) is 0.125. The number of fused-ring (bicyclic) bond motifs is 1. The van der Waals surface area contributed by atoms with Crippen LogP contribution in [-0.2, 0) is 0 Å². The number of anilines is 1. The number of hydrogen-bond acceptors (Lipinski definition) is 5. The Bertz CT molecular complexity index is 629. The first-order chi connectivity index (χ1) is 7.54. The Balaban J connectivity index is 3.00. The van der Waals surface area contributed by atoms with Gasteiger partial charge in [-0.1, -0.05) is 23.4 Å². The van der Waals surface area contributed by atoms with Gasteiger partial charge in [0.05, 0.1) is 0 Å². The van der Waals surface area contributed by atoms with Crippen LogP contribution in [0.3, 0.4) is 0 Å². The first-order valence-corrected chi connectivity index (χ1v) is 5.73. The van der Waals surface area contributed by atoms with Crippen LogP contribution in [0.4, 0.5) is 10.2 Å². The van der Waals surface area contributed by atoms with Crippen molar-refractivity contribution < 1.29 is 4.39 Å². The Morgan fingerprint density at radius 1 is 1.50 bits per heavy atom. The standard InChI is InChI=1S/C8H6ClFN4OS/c1-16-8-12-4-2(6(11)14-8)7(15)13-5(9)3(4)10/h1H3,(H,13,15)(H2,11,12,14). The van der Waals surface area contributed by atoms with E-state index in [9.17, 15) is 9.18 Å². The second kappa shape index (κ2) is 3.91. The highest BCUT2D eigenvalue weighted by molar-refractivity contribution is 7.98. The van der Waals surface area contributed by atoms with Crippen LogP contribution < -0.4 is 11.3 Å². The average Bonchev–Trinajstić information content (AvgIpc) is 2.24. The van der Waals surface area contributed by atoms with Crippen LogP contribution in [-0.4, -0.2) is 21.2 Å². The van der Waals surface area contributed by atoms with E-state index >= 15 is 0 Å². The Kier molecular flexibility index (Phi) is 2.73. The molecule has 0 aliphatic rings. The fourth-order valence-corrected chi connectivity index (χ4v) is 1.80. The third-order valence-electron chi connectivity index (χ3n) is 1.95. The molecule has 2 aromatic rings. The summed E-state index contributed by atoms with van der Waals surface area (Å²) in [7, 11) is 0. The maximum Gasteiger partial charge on any atom is 0.262 e. The quantitative estimate of drug-likeness (QED) is 0.460. The molecule has 2 rings (SSSR count). The normalized spacial score (nSPS) is 10.9. The monoisotopic (exact) mass is 260 g/mol. The number of pyridine rings is 1. The molecule has 84 valence electrons. The van der Waals surface area contributed by atoms with Crippen LogP contribution >= 0.6 is 23.4 Å². The minimum absolute atomic E-state index is 0.0637. The lowest BCUT2D eigenvalue weighted by molar-refractivity contribution is 0.628. The smallest absolute Gasteiger partial charge is 0.262 e. The molecule has 16 heavy (non-hydrogen) atoms. The molecule has 2 aromatic heterocycles. The number of aromatic nitrogens is 3. The molecule has 0 aromatic carbocycles. The third kappa shape index (κ3) is 1.61. The average molecular weight is 261 g/mol. The van der Waals surface area contributed by atoms with Crippen LogP contribution in [0.2, 0.25) is 5.15 Å². The number of H-pyrrole nitrogens is 1. The van der Waals surface area contributed by atoms with Gasteiger partial charge >= 0.3 is 0 Å². The van der Waals surface area contributed by atoms with Gasteiger partial charge in [0, 0.05) is 0 Å². The summed E-state index contributed by atoms with van der Waals surface area (Å²) < 4.78 is 13.6. The number of nitrogens with one attached hydrogen (secondary N) is 1. The first-order valence-electron chi connectivity index (χ1n) is 4.13. The molecule has 0 saturated carbocycles. The number of rotatable bonds is 1. The number of nitrogens with two attached hydrogens (primary N) is 1. The minimum atomic E-state index is -0.805. The third-order valence-corrected chi connectivity index (χ3v) is 2.76. The molecule has 0 fully saturated rings. The van der Waals surface area contributed by atoms with E-state index in [0.717, 1.165) is 0 Å². The number of aromatic amines is 1. The van der Waals surface area contributed by atoms with E-state index < -0.39 is 11.4 Å². The zero-order chi connectivity index (χ0) is 11.9. The fourth-order valence-electron chi connectivity index (χ4n) is 1.25. The number of nitrogens with zero attached hydrogens (tertiary/aromatic N) is 2. The Labute approximate surface area is 98.2 Å². The summed E-state index contributed by atoms with van der Waals surface area (Å²) in [6.07, 6.45) is 1.72. The largest absolute Gasteiger partial charge is 0.383 e. The van der Waals surface area contributed by atoms with Crippen molar-refractivity contribution in [3.63, 3.8) is 0 Å². The second-order valence-corrected chi connectivity index (χ2v) is 4.05. The van der Waals surface area contributed by atoms with Crippen molar-refractivity contribution in [2.75, 3.05) is 12.0 Å². The second-order valence-electron chi connectivity index (χ2n) is 2.90. The number of hydrogen-bond donors (Lipinski definition) is 2. The molecule has 0 bridgehead atoms. The van der Waals surface area contributed by atoms with Crippen molar-refractivity contribution in [1.82, 2.24) is 15.0 Å². The summed E-state index contributed by atoms with van der Waals surface area (Å²) in [5.74, 6) is -0.869. The van der Waals surface area contributed by atoms with Crippen molar-refractivity contribution in [1.29, 1.82) is 0 Å². The van der Waals surface area contributed by atoms with E-state index in [2.05, 4.69) is 15.0 Å². The van der Waals surface area contributed by atoms with Crippen molar-refractivity contribution in [3.8, 4) is 0 Å². The topological polar surface area (TPSA) is 84.7 Å². The highest BCUT2D eigenvalue weighted by atomic mass is 35.5. The van der Waals surface area contributed by atoms with E-state index in [4.69, 9.17) is 17.3 Å². The SMILES string of the molecule is CSc1nc(N)c2c(=O)[nH]c(Cl)c(F)c2n1. The van der Waals surface area contributed by atoms with Crippen molar-refractivity contribution in [3.05, 3.63) is 21.3 Å². The summed E-state index contributed by atoms with van der Waals surface area (Å²) >= 11 is 6.70. The van der Waals surface area contributed by atoms with E-state index in [-0.39, 0.29) is 27.0 Å². The summed E-state index contributed by atoms with van der Waals surface area (Å²) in [6, 6.07) is 0. The van der Waals surface area contributed by atoms with Crippen LogP contribution in [0.25, 0.3) is 10.9 Å². The van der Waals surface area contributed by atoms with Gasteiger partial charge in [-0.05, 0) is 6.26 Å². The molecule has 0 radical (unpaired) electrons. The van der Waals surface area contributed by atoms with Crippen molar-refractivity contribution in [2.45, 2.75) is 5.16 Å². The minimum Gasteiger partial charge on any atom is -0.383 e. The lowest BCUT2D eigenvalue weighted by Crippen LogP contribution is -2.13. The Hall–Kier alpha value is -1.34. The molecule has 0 atom stereocenters. The van der Waals surface area contributed by atoms with Gasteiger partial charge in [-0.3, -0.25) is 4.79 Å². The molecule has 0 amide bonds. The van der Waals surface area contributed by atoms with Crippen LogP contribution in [0.5, 0.6) is 0 Å². The summed E-state index contributed by atoms with van der Waals surface area (Å²) in [5, 5.41) is -0.187. The summed E-state index contributed by atoms with van der Waals surface area (Å²) in [4.78, 5) is 21.3. The lowest BCUT2D eigenvalue weighted by atomic mass is 10.3. The van der Waals surface area contributed by atoms with Gasteiger partial charge in [-0.15, -0.1) is 0 Å². The molecular formula is C8H6ClFN4OS. The first kappa shape index (κ1) is 11.2. The van der Waals surface area contributed by atoms with Gasteiger partial charge < -0.3 is 10.7 Å².